The number of esters is 2. The summed E-state index contributed by atoms with van der Waals surface area (Å²) in [6, 6.07) is 32.4. The maximum absolute atomic E-state index is 12.4. The molecule has 13 nitrogen and oxygen atoms in total. The van der Waals surface area contributed by atoms with Crippen molar-refractivity contribution in [2.24, 2.45) is 0 Å². The number of hydrogen-bond acceptors (Lipinski definition) is 11. The van der Waals surface area contributed by atoms with Crippen LogP contribution in [0.25, 0.3) is 10.8 Å². The first kappa shape index (κ1) is 32.4. The van der Waals surface area contributed by atoms with Crippen molar-refractivity contribution in [1.29, 1.82) is 0 Å². The quantitative estimate of drug-likeness (QED) is 0.0690. The molecule has 0 spiro atoms. The number of nitrogens with zero attached hydrogens (tertiary/aromatic N) is 2. The first-order chi connectivity index (χ1) is 22.2. The van der Waals surface area contributed by atoms with Crippen molar-refractivity contribution in [2.75, 3.05) is 7.11 Å². The van der Waals surface area contributed by atoms with Gasteiger partial charge < -0.3 is 23.9 Å². The molecule has 0 saturated carbocycles. The summed E-state index contributed by atoms with van der Waals surface area (Å²) >= 11 is 0. The molecule has 5 rings (SSSR count). The van der Waals surface area contributed by atoms with Crippen LogP contribution < -0.4 is 14.2 Å². The van der Waals surface area contributed by atoms with Crippen LogP contribution in [0.3, 0.4) is 0 Å². The molecule has 46 heavy (non-hydrogen) atoms. The van der Waals surface area contributed by atoms with Gasteiger partial charge in [-0.3, -0.25) is 0 Å². The molecule has 0 atom stereocenters. The summed E-state index contributed by atoms with van der Waals surface area (Å²) in [7, 11) is 1.41. The van der Waals surface area contributed by atoms with Gasteiger partial charge >= 0.3 is 11.9 Å². The maximum atomic E-state index is 12.4. The Morgan fingerprint density at radius 2 is 1.24 bits per heavy atom. The van der Waals surface area contributed by atoms with E-state index >= 15 is 0 Å². The van der Waals surface area contributed by atoms with Gasteiger partial charge in [0.25, 0.3) is 10.2 Å². The Hall–Kier alpha value is -6.50. The van der Waals surface area contributed by atoms with Crippen molar-refractivity contribution >= 4 is 22.7 Å². The van der Waals surface area contributed by atoms with Crippen molar-refractivity contribution in [1.82, 2.24) is 0 Å². The first-order valence-corrected chi connectivity index (χ1v) is 13.5. The van der Waals surface area contributed by atoms with Crippen LogP contribution in [-0.4, -0.2) is 29.2 Å². The van der Waals surface area contributed by atoms with Crippen molar-refractivity contribution < 1.29 is 43.6 Å². The van der Waals surface area contributed by atoms with Crippen LogP contribution in [0, 0.1) is 20.2 Å². The van der Waals surface area contributed by atoms with E-state index in [0.29, 0.717) is 28.0 Å². The first-order valence-electron chi connectivity index (χ1n) is 13.5. The highest BCUT2D eigenvalue weighted by Crippen LogP contribution is 2.29. The Morgan fingerprint density at radius 1 is 0.630 bits per heavy atom. The molecule has 5 aromatic rings. The van der Waals surface area contributed by atoms with E-state index in [4.69, 9.17) is 14.2 Å². The number of fused-ring (bicyclic) bond motifs is 1. The zero-order chi connectivity index (χ0) is 32.9. The Bertz CT molecular complexity index is 1820. The maximum Gasteiger partial charge on any atom is 0.344 e. The van der Waals surface area contributed by atoms with Gasteiger partial charge in [0.1, 0.15) is 19.0 Å². The van der Waals surface area contributed by atoms with Gasteiger partial charge in [0.15, 0.2) is 11.5 Å². The van der Waals surface area contributed by atoms with E-state index in [9.17, 15) is 29.8 Å². The van der Waals surface area contributed by atoms with E-state index in [0.717, 1.165) is 10.8 Å². The predicted molar refractivity (Wildman–Crippen MR) is 163 cm³/mol. The number of benzene rings is 5. The molecule has 0 heterocycles. The van der Waals surface area contributed by atoms with Crippen LogP contribution in [0.15, 0.2) is 115 Å². The molecular formula is C33H26N2O11. The van der Waals surface area contributed by atoms with Crippen molar-refractivity contribution in [2.45, 2.75) is 13.2 Å². The summed E-state index contributed by atoms with van der Waals surface area (Å²) in [5.74, 6) is -0.109. The van der Waals surface area contributed by atoms with Crippen molar-refractivity contribution in [3.63, 3.8) is 0 Å². The van der Waals surface area contributed by atoms with E-state index in [-0.39, 0.29) is 24.7 Å². The van der Waals surface area contributed by atoms with Gasteiger partial charge in [-0.1, -0.05) is 72.8 Å². The van der Waals surface area contributed by atoms with Gasteiger partial charge in [-0.25, -0.2) is 9.59 Å². The van der Waals surface area contributed by atoms with Crippen LogP contribution in [0.1, 0.15) is 31.8 Å². The normalized spacial score (nSPS) is 10.1. The average Bonchev–Trinajstić information content (AvgIpc) is 3.07. The SMILES string of the molecule is COc1cc(CO[N+](=O)[O-])ccc1OC(=O)c1ccccc1.O=C(Oc1ccc(CO[N+](=O)[O-])cc1)c1cccc2ccccc12. The molecule has 0 aliphatic rings. The lowest BCUT2D eigenvalue weighted by molar-refractivity contribution is -0.763. The smallest absolute Gasteiger partial charge is 0.344 e. The fourth-order valence-corrected chi connectivity index (χ4v) is 4.09. The van der Waals surface area contributed by atoms with Crippen molar-refractivity contribution in [3.8, 4) is 17.2 Å². The topological polar surface area (TPSA) is 167 Å². The minimum Gasteiger partial charge on any atom is -0.493 e. The molecule has 0 aliphatic carbocycles. The lowest BCUT2D eigenvalue weighted by Gasteiger charge is -2.10. The van der Waals surface area contributed by atoms with Crippen LogP contribution in [0.5, 0.6) is 17.2 Å². The summed E-state index contributed by atoms with van der Waals surface area (Å²) < 4.78 is 15.8. The third-order valence-electron chi connectivity index (χ3n) is 6.26. The lowest BCUT2D eigenvalue weighted by Crippen LogP contribution is -2.09. The molecule has 0 aliphatic heterocycles. The zero-order valence-electron chi connectivity index (χ0n) is 24.3. The fraction of sp³-hybridized carbons (Fsp3) is 0.0909. The van der Waals surface area contributed by atoms with Crippen LogP contribution in [-0.2, 0) is 22.9 Å². The molecule has 13 heteroatoms. The predicted octanol–water partition coefficient (Wildman–Crippen LogP) is 6.39. The molecule has 0 bridgehead atoms. The highest BCUT2D eigenvalue weighted by atomic mass is 17.0. The fourth-order valence-electron chi connectivity index (χ4n) is 4.09. The molecule has 0 amide bonds. The summed E-state index contributed by atoms with van der Waals surface area (Å²) in [4.78, 5) is 53.3. The molecule has 5 aromatic carbocycles. The number of ether oxygens (including phenoxy) is 3. The Kier molecular flexibility index (Phi) is 11.1. The molecule has 0 saturated heterocycles. The lowest BCUT2D eigenvalue weighted by atomic mass is 10.0. The second-order valence-electron chi connectivity index (χ2n) is 9.30. The van der Waals surface area contributed by atoms with Gasteiger partial charge in [0.05, 0.1) is 18.2 Å². The molecular weight excluding hydrogens is 600 g/mol. The number of hydrogen-bond donors (Lipinski definition) is 0. The summed E-state index contributed by atoms with van der Waals surface area (Å²) in [6.45, 7) is -0.360. The Balaban J connectivity index is 0.000000210. The van der Waals surface area contributed by atoms with E-state index in [1.165, 1.54) is 19.2 Å². The molecule has 234 valence electrons. The van der Waals surface area contributed by atoms with Gasteiger partial charge in [0.2, 0.25) is 0 Å². The van der Waals surface area contributed by atoms with Crippen LogP contribution in [0.2, 0.25) is 0 Å². The number of rotatable bonds is 11. The monoisotopic (exact) mass is 626 g/mol. The van der Waals surface area contributed by atoms with E-state index in [1.807, 2.05) is 30.3 Å². The number of methoxy groups -OCH3 is 1. The van der Waals surface area contributed by atoms with Gasteiger partial charge in [0, 0.05) is 0 Å². The van der Waals surface area contributed by atoms with Gasteiger partial charge in [-0.15, -0.1) is 20.2 Å². The zero-order valence-corrected chi connectivity index (χ0v) is 24.3. The second kappa shape index (κ2) is 15.8. The van der Waals surface area contributed by atoms with Gasteiger partial charge in [-0.2, -0.15) is 0 Å². The minimum absolute atomic E-state index is 0.148. The molecule has 0 fully saturated rings. The highest BCUT2D eigenvalue weighted by molar-refractivity contribution is 6.05. The standard InChI is InChI=1S/C18H13NO5.C15H13NO6/c20-18(17-7-3-5-14-4-1-2-6-16(14)17)24-15-10-8-13(9-11-15)12-23-19(21)22;1-20-14-9-11(10-21-16(18)19)7-8-13(14)22-15(17)12-5-3-2-4-6-12/h1-11H,12H2;2-9H,10H2,1H3. The molecule has 0 aromatic heterocycles. The van der Waals surface area contributed by atoms with Gasteiger partial charge in [-0.05, 0) is 64.4 Å². The second-order valence-corrected chi connectivity index (χ2v) is 9.30. The van der Waals surface area contributed by atoms with Crippen LogP contribution in [0.4, 0.5) is 0 Å². The highest BCUT2D eigenvalue weighted by Gasteiger charge is 2.14. The molecule has 0 unspecified atom stereocenters. The van der Waals surface area contributed by atoms with Crippen LogP contribution >= 0.6 is 0 Å². The number of carbonyl (C=O) groups is 2. The molecule has 0 N–H and O–H groups in total. The number of carbonyl (C=O) groups excluding carboxylic acids is 2. The van der Waals surface area contributed by atoms with Crippen molar-refractivity contribution in [3.05, 3.63) is 158 Å². The summed E-state index contributed by atoms with van der Waals surface area (Å²) in [5.41, 5.74) is 2.02. The average molecular weight is 627 g/mol. The minimum atomic E-state index is -0.879. The molecule has 0 radical (unpaired) electrons. The van der Waals surface area contributed by atoms with E-state index < -0.39 is 22.1 Å². The Labute approximate surface area is 261 Å². The van der Waals surface area contributed by atoms with E-state index in [2.05, 4.69) is 9.68 Å². The largest absolute Gasteiger partial charge is 0.493 e. The third-order valence-corrected chi connectivity index (χ3v) is 6.26. The van der Waals surface area contributed by atoms with E-state index in [1.54, 1.807) is 72.8 Å². The summed E-state index contributed by atoms with van der Waals surface area (Å²) in [6.07, 6.45) is 0. The Morgan fingerprint density at radius 3 is 1.91 bits per heavy atom. The summed E-state index contributed by atoms with van der Waals surface area (Å²) in [5, 5.41) is 20.4. The third kappa shape index (κ3) is 9.25.